The Kier molecular flexibility index (Phi) is 5.31. The molecular formula is C12H8I2S2. The Hall–Kier alpha value is 0.600. The highest BCUT2D eigenvalue weighted by Gasteiger charge is 2.03. The highest BCUT2D eigenvalue weighted by Crippen LogP contribution is 2.40. The minimum atomic E-state index is 1.31. The molecule has 0 fully saturated rings. The molecule has 0 atom stereocenters. The van der Waals surface area contributed by atoms with Crippen molar-refractivity contribution in [3.8, 4) is 0 Å². The van der Waals surface area contributed by atoms with Crippen molar-refractivity contribution in [2.75, 3.05) is 0 Å². The van der Waals surface area contributed by atoms with E-state index in [1.54, 1.807) is 0 Å². The second-order valence-corrected chi connectivity index (χ2v) is 7.56. The predicted molar refractivity (Wildman–Crippen MR) is 90.0 cm³/mol. The van der Waals surface area contributed by atoms with Crippen molar-refractivity contribution in [1.29, 1.82) is 0 Å². The molecule has 2 aromatic rings. The van der Waals surface area contributed by atoms with E-state index in [1.807, 2.05) is 21.6 Å². The minimum Gasteiger partial charge on any atom is -0.0611 e. The van der Waals surface area contributed by atoms with Gasteiger partial charge in [-0.2, -0.15) is 0 Å². The van der Waals surface area contributed by atoms with E-state index in [1.165, 1.54) is 16.9 Å². The van der Waals surface area contributed by atoms with Crippen LogP contribution in [0.15, 0.2) is 58.3 Å². The molecular weight excluding hydrogens is 462 g/mol. The summed E-state index contributed by atoms with van der Waals surface area (Å²) in [6.45, 7) is 0. The zero-order valence-corrected chi connectivity index (χ0v) is 14.1. The number of rotatable bonds is 3. The van der Waals surface area contributed by atoms with Crippen LogP contribution in [0.3, 0.4) is 0 Å². The number of halogens is 2. The first kappa shape index (κ1) is 13.0. The molecule has 0 unspecified atom stereocenters. The summed E-state index contributed by atoms with van der Waals surface area (Å²) in [5.74, 6) is 0. The van der Waals surface area contributed by atoms with Crippen molar-refractivity contribution in [1.82, 2.24) is 0 Å². The van der Waals surface area contributed by atoms with Crippen LogP contribution in [0.5, 0.6) is 0 Å². The lowest BCUT2D eigenvalue weighted by atomic mass is 10.4. The van der Waals surface area contributed by atoms with Crippen molar-refractivity contribution in [2.45, 2.75) is 9.79 Å². The summed E-state index contributed by atoms with van der Waals surface area (Å²) in [5, 5.41) is 0. The van der Waals surface area contributed by atoms with Crippen molar-refractivity contribution in [3.05, 3.63) is 55.7 Å². The molecule has 0 nitrogen and oxygen atoms in total. The summed E-state index contributed by atoms with van der Waals surface area (Å²) in [6, 6.07) is 16.9. The van der Waals surface area contributed by atoms with Crippen LogP contribution >= 0.6 is 66.8 Å². The second-order valence-electron chi connectivity index (χ2n) is 3.03. The third kappa shape index (κ3) is 3.54. The second kappa shape index (κ2) is 6.51. The molecule has 0 saturated carbocycles. The molecule has 0 aromatic heterocycles. The van der Waals surface area contributed by atoms with E-state index in [0.29, 0.717) is 0 Å². The van der Waals surface area contributed by atoms with E-state index < -0.39 is 0 Å². The van der Waals surface area contributed by atoms with Crippen LogP contribution in [-0.2, 0) is 0 Å². The Morgan fingerprint density at radius 2 is 1.00 bits per heavy atom. The molecule has 2 rings (SSSR count). The van der Waals surface area contributed by atoms with E-state index in [9.17, 15) is 0 Å². The standard InChI is InChI=1S/C12H8I2S2/c13-9-5-1-3-7-11(9)15-16-12-8-4-2-6-10(12)14/h1-8H. The monoisotopic (exact) mass is 470 g/mol. The van der Waals surface area contributed by atoms with Gasteiger partial charge in [-0.15, -0.1) is 0 Å². The average molecular weight is 470 g/mol. The maximum absolute atomic E-state index is 2.38. The molecule has 4 heteroatoms. The fraction of sp³-hybridized carbons (Fsp3) is 0. The van der Waals surface area contributed by atoms with Gasteiger partial charge in [-0.1, -0.05) is 45.9 Å². The summed E-state index contributed by atoms with van der Waals surface area (Å²) in [6.07, 6.45) is 0. The van der Waals surface area contributed by atoms with Crippen LogP contribution in [0, 0.1) is 7.14 Å². The first-order valence-corrected chi connectivity index (χ1v) is 8.91. The molecule has 16 heavy (non-hydrogen) atoms. The lowest BCUT2D eigenvalue weighted by Crippen LogP contribution is -1.77. The summed E-state index contributed by atoms with van der Waals surface area (Å²) in [5.41, 5.74) is 0. The normalized spacial score (nSPS) is 10.4. The summed E-state index contributed by atoms with van der Waals surface area (Å²) in [7, 11) is 3.64. The molecule has 0 heterocycles. The van der Waals surface area contributed by atoms with Crippen LogP contribution in [0.1, 0.15) is 0 Å². The van der Waals surface area contributed by atoms with Crippen molar-refractivity contribution in [3.63, 3.8) is 0 Å². The lowest BCUT2D eigenvalue weighted by molar-refractivity contribution is 1.40. The van der Waals surface area contributed by atoms with Crippen LogP contribution in [-0.4, -0.2) is 0 Å². The molecule has 0 aliphatic rings. The Morgan fingerprint density at radius 3 is 1.38 bits per heavy atom. The number of benzene rings is 2. The van der Waals surface area contributed by atoms with Crippen molar-refractivity contribution >= 4 is 66.8 Å². The Labute approximate surface area is 131 Å². The molecule has 0 spiro atoms. The zero-order chi connectivity index (χ0) is 11.4. The summed E-state index contributed by atoms with van der Waals surface area (Å²) < 4.78 is 2.62. The molecule has 0 saturated heterocycles. The fourth-order valence-corrected chi connectivity index (χ4v) is 5.60. The zero-order valence-electron chi connectivity index (χ0n) is 8.19. The van der Waals surface area contributed by atoms with E-state index >= 15 is 0 Å². The van der Waals surface area contributed by atoms with E-state index in [4.69, 9.17) is 0 Å². The summed E-state index contributed by atoms with van der Waals surface area (Å²) >= 11 is 4.75. The third-order valence-corrected chi connectivity index (χ3v) is 6.99. The summed E-state index contributed by atoms with van der Waals surface area (Å²) in [4.78, 5) is 2.65. The average Bonchev–Trinajstić information content (AvgIpc) is 2.30. The minimum absolute atomic E-state index is 1.31. The van der Waals surface area contributed by atoms with E-state index in [0.717, 1.165) is 0 Å². The van der Waals surface area contributed by atoms with Gasteiger partial charge in [0.2, 0.25) is 0 Å². The third-order valence-electron chi connectivity index (χ3n) is 1.89. The Bertz CT molecular complexity index is 440. The molecule has 0 N–H and O–H groups in total. The van der Waals surface area contributed by atoms with Crippen LogP contribution < -0.4 is 0 Å². The van der Waals surface area contributed by atoms with Gasteiger partial charge in [0.1, 0.15) is 0 Å². The maximum atomic E-state index is 2.38. The van der Waals surface area contributed by atoms with Crippen LogP contribution in [0.25, 0.3) is 0 Å². The molecule has 82 valence electrons. The topological polar surface area (TPSA) is 0 Å². The number of hydrogen-bond acceptors (Lipinski definition) is 2. The largest absolute Gasteiger partial charge is 0.0611 e. The van der Waals surface area contributed by atoms with Crippen molar-refractivity contribution < 1.29 is 0 Å². The predicted octanol–water partition coefficient (Wildman–Crippen LogP) is 5.70. The fourth-order valence-electron chi connectivity index (χ4n) is 1.11. The molecule has 2 aromatic carbocycles. The van der Waals surface area contributed by atoms with E-state index in [-0.39, 0.29) is 0 Å². The van der Waals surface area contributed by atoms with Gasteiger partial charge in [0, 0.05) is 16.9 Å². The first-order chi connectivity index (χ1) is 7.77. The van der Waals surface area contributed by atoms with Crippen LogP contribution in [0.4, 0.5) is 0 Å². The van der Waals surface area contributed by atoms with Gasteiger partial charge in [0.05, 0.1) is 0 Å². The van der Waals surface area contributed by atoms with Gasteiger partial charge in [-0.3, -0.25) is 0 Å². The van der Waals surface area contributed by atoms with Crippen molar-refractivity contribution in [2.24, 2.45) is 0 Å². The van der Waals surface area contributed by atoms with Gasteiger partial charge in [-0.05, 0) is 69.4 Å². The maximum Gasteiger partial charge on any atom is 0.0319 e. The smallest absolute Gasteiger partial charge is 0.0319 e. The van der Waals surface area contributed by atoms with Gasteiger partial charge in [-0.25, -0.2) is 0 Å². The SMILES string of the molecule is Ic1ccccc1SSc1ccccc1I. The molecule has 0 radical (unpaired) electrons. The highest BCUT2D eigenvalue weighted by atomic mass is 127. The van der Waals surface area contributed by atoms with Gasteiger partial charge in [0.15, 0.2) is 0 Å². The molecule has 0 aliphatic carbocycles. The first-order valence-electron chi connectivity index (χ1n) is 4.61. The number of hydrogen-bond donors (Lipinski definition) is 0. The Morgan fingerprint density at radius 1 is 0.625 bits per heavy atom. The van der Waals surface area contributed by atoms with E-state index in [2.05, 4.69) is 93.7 Å². The van der Waals surface area contributed by atoms with Crippen LogP contribution in [0.2, 0.25) is 0 Å². The quantitative estimate of drug-likeness (QED) is 0.418. The van der Waals surface area contributed by atoms with Gasteiger partial charge < -0.3 is 0 Å². The van der Waals surface area contributed by atoms with Gasteiger partial charge in [0.25, 0.3) is 0 Å². The molecule has 0 amide bonds. The van der Waals surface area contributed by atoms with Gasteiger partial charge >= 0.3 is 0 Å². The molecule has 0 aliphatic heterocycles. The molecule has 0 bridgehead atoms. The lowest BCUT2D eigenvalue weighted by Gasteiger charge is -2.04. The Balaban J connectivity index is 2.09. The highest BCUT2D eigenvalue weighted by molar-refractivity contribution is 14.1.